The Bertz CT molecular complexity index is 181. The maximum absolute atomic E-state index is 5.66. The van der Waals surface area contributed by atoms with Gasteiger partial charge in [-0.15, -0.1) is 6.58 Å². The van der Waals surface area contributed by atoms with Crippen molar-refractivity contribution in [2.24, 2.45) is 11.8 Å². The van der Waals surface area contributed by atoms with Gasteiger partial charge in [-0.3, -0.25) is 11.3 Å². The van der Waals surface area contributed by atoms with E-state index in [0.29, 0.717) is 6.04 Å². The van der Waals surface area contributed by atoms with E-state index in [-0.39, 0.29) is 0 Å². The van der Waals surface area contributed by atoms with Crippen molar-refractivity contribution in [1.29, 1.82) is 0 Å². The van der Waals surface area contributed by atoms with E-state index >= 15 is 0 Å². The number of nitrogens with one attached hydrogen (secondary N) is 1. The van der Waals surface area contributed by atoms with Crippen LogP contribution < -0.4 is 11.3 Å². The molecule has 0 radical (unpaired) electrons. The van der Waals surface area contributed by atoms with Crippen molar-refractivity contribution >= 4 is 0 Å². The lowest BCUT2D eigenvalue weighted by molar-refractivity contribution is 0.307. The maximum atomic E-state index is 5.66. The highest BCUT2D eigenvalue weighted by Crippen LogP contribution is 2.27. The molecule has 0 aromatic heterocycles. The standard InChI is InChI=1S/C13H26N2/c1-11(2)9-10-13(15-14)12-7-5-3-4-6-8-12/h12-13,15H,1,3-10,14H2,2H3. The number of allylic oxidation sites excluding steroid dienone is 1. The Morgan fingerprint density at radius 2 is 1.93 bits per heavy atom. The predicted molar refractivity (Wildman–Crippen MR) is 66.4 cm³/mol. The minimum absolute atomic E-state index is 0.500. The van der Waals surface area contributed by atoms with Gasteiger partial charge in [0.15, 0.2) is 0 Å². The average molecular weight is 210 g/mol. The van der Waals surface area contributed by atoms with E-state index in [1.54, 1.807) is 0 Å². The van der Waals surface area contributed by atoms with Crippen LogP contribution in [0.25, 0.3) is 0 Å². The number of hydrogen-bond acceptors (Lipinski definition) is 2. The molecule has 1 saturated carbocycles. The molecule has 1 fully saturated rings. The summed E-state index contributed by atoms with van der Waals surface area (Å²) in [7, 11) is 0. The molecule has 2 heteroatoms. The second kappa shape index (κ2) is 7.02. The molecule has 0 saturated heterocycles. The van der Waals surface area contributed by atoms with Crippen molar-refractivity contribution in [2.45, 2.75) is 64.3 Å². The van der Waals surface area contributed by atoms with Crippen molar-refractivity contribution in [3.63, 3.8) is 0 Å². The molecule has 1 aliphatic carbocycles. The van der Waals surface area contributed by atoms with Crippen molar-refractivity contribution in [1.82, 2.24) is 5.43 Å². The molecular formula is C13H26N2. The number of hydrogen-bond donors (Lipinski definition) is 2. The molecule has 1 atom stereocenters. The zero-order chi connectivity index (χ0) is 11.1. The van der Waals surface area contributed by atoms with Gasteiger partial charge >= 0.3 is 0 Å². The van der Waals surface area contributed by atoms with Gasteiger partial charge in [-0.25, -0.2) is 0 Å². The Morgan fingerprint density at radius 3 is 2.40 bits per heavy atom. The van der Waals surface area contributed by atoms with Crippen LogP contribution in [0.1, 0.15) is 58.3 Å². The summed E-state index contributed by atoms with van der Waals surface area (Å²) < 4.78 is 0. The molecule has 1 rings (SSSR count). The first-order valence-electron chi connectivity index (χ1n) is 6.34. The normalized spacial score (nSPS) is 20.9. The molecule has 1 aliphatic rings. The smallest absolute Gasteiger partial charge is 0.0241 e. The monoisotopic (exact) mass is 210 g/mol. The molecule has 2 nitrogen and oxygen atoms in total. The molecule has 15 heavy (non-hydrogen) atoms. The fourth-order valence-corrected chi connectivity index (χ4v) is 2.57. The molecule has 0 spiro atoms. The van der Waals surface area contributed by atoms with Gasteiger partial charge in [0.25, 0.3) is 0 Å². The summed E-state index contributed by atoms with van der Waals surface area (Å²) in [5, 5.41) is 0. The van der Waals surface area contributed by atoms with Crippen LogP contribution in [0, 0.1) is 5.92 Å². The zero-order valence-corrected chi connectivity index (χ0v) is 10.1. The summed E-state index contributed by atoms with van der Waals surface area (Å²) in [5.41, 5.74) is 4.28. The molecule has 88 valence electrons. The third-order valence-corrected chi connectivity index (χ3v) is 3.57. The molecule has 0 amide bonds. The average Bonchev–Trinajstić information content (AvgIpc) is 2.47. The minimum Gasteiger partial charge on any atom is -0.271 e. The SMILES string of the molecule is C=C(C)CCC(NN)C1CCCCCC1. The third-order valence-electron chi connectivity index (χ3n) is 3.57. The summed E-state index contributed by atoms with van der Waals surface area (Å²) in [6.07, 6.45) is 10.5. The van der Waals surface area contributed by atoms with E-state index in [4.69, 9.17) is 5.84 Å². The van der Waals surface area contributed by atoms with Crippen LogP contribution >= 0.6 is 0 Å². The summed E-state index contributed by atoms with van der Waals surface area (Å²) in [5.74, 6) is 6.45. The quantitative estimate of drug-likeness (QED) is 0.317. The molecule has 0 aromatic rings. The topological polar surface area (TPSA) is 38.0 Å². The highest BCUT2D eigenvalue weighted by atomic mass is 15.2. The number of hydrazine groups is 1. The largest absolute Gasteiger partial charge is 0.271 e. The number of rotatable bonds is 5. The van der Waals surface area contributed by atoms with E-state index in [2.05, 4.69) is 18.9 Å². The van der Waals surface area contributed by atoms with Crippen LogP contribution in [-0.4, -0.2) is 6.04 Å². The molecule has 0 bridgehead atoms. The van der Waals surface area contributed by atoms with Gasteiger partial charge in [-0.05, 0) is 38.5 Å². The van der Waals surface area contributed by atoms with Gasteiger partial charge in [0.1, 0.15) is 0 Å². The Labute approximate surface area is 94.3 Å². The first kappa shape index (κ1) is 12.7. The van der Waals surface area contributed by atoms with Gasteiger partial charge in [-0.1, -0.05) is 31.3 Å². The van der Waals surface area contributed by atoms with E-state index in [1.165, 1.54) is 44.1 Å². The van der Waals surface area contributed by atoms with Crippen molar-refractivity contribution < 1.29 is 0 Å². The van der Waals surface area contributed by atoms with Crippen LogP contribution in [0.2, 0.25) is 0 Å². The highest BCUT2D eigenvalue weighted by Gasteiger charge is 2.21. The zero-order valence-electron chi connectivity index (χ0n) is 10.1. The van der Waals surface area contributed by atoms with Gasteiger partial charge < -0.3 is 0 Å². The number of nitrogens with two attached hydrogens (primary N) is 1. The second-order valence-corrected chi connectivity index (χ2v) is 5.02. The lowest BCUT2D eigenvalue weighted by atomic mass is 9.89. The van der Waals surface area contributed by atoms with Gasteiger partial charge in [0, 0.05) is 6.04 Å². The van der Waals surface area contributed by atoms with Crippen LogP contribution in [0.15, 0.2) is 12.2 Å². The van der Waals surface area contributed by atoms with Gasteiger partial charge in [0.2, 0.25) is 0 Å². The van der Waals surface area contributed by atoms with Crippen molar-refractivity contribution in [3.05, 3.63) is 12.2 Å². The third kappa shape index (κ3) is 4.80. The van der Waals surface area contributed by atoms with Gasteiger partial charge in [-0.2, -0.15) is 0 Å². The highest BCUT2D eigenvalue weighted by molar-refractivity contribution is 4.90. The summed E-state index contributed by atoms with van der Waals surface area (Å²) >= 11 is 0. The van der Waals surface area contributed by atoms with Crippen molar-refractivity contribution in [2.75, 3.05) is 0 Å². The van der Waals surface area contributed by atoms with Crippen LogP contribution in [0.3, 0.4) is 0 Å². The Balaban J connectivity index is 2.37. The van der Waals surface area contributed by atoms with Gasteiger partial charge in [0.05, 0.1) is 0 Å². The molecule has 0 aliphatic heterocycles. The molecule has 1 unspecified atom stereocenters. The molecule has 0 aromatic carbocycles. The fourth-order valence-electron chi connectivity index (χ4n) is 2.57. The minimum atomic E-state index is 0.500. The molecule has 0 heterocycles. The van der Waals surface area contributed by atoms with E-state index < -0.39 is 0 Å². The fraction of sp³-hybridized carbons (Fsp3) is 0.846. The van der Waals surface area contributed by atoms with Crippen molar-refractivity contribution in [3.8, 4) is 0 Å². The Morgan fingerprint density at radius 1 is 1.33 bits per heavy atom. The summed E-state index contributed by atoms with van der Waals surface area (Å²) in [6.45, 7) is 6.05. The Kier molecular flexibility index (Phi) is 5.96. The van der Waals surface area contributed by atoms with E-state index in [1.807, 2.05) is 0 Å². The maximum Gasteiger partial charge on any atom is 0.0241 e. The molecule has 3 N–H and O–H groups in total. The predicted octanol–water partition coefficient (Wildman–Crippen LogP) is 3.15. The molecular weight excluding hydrogens is 184 g/mol. The lowest BCUT2D eigenvalue weighted by Crippen LogP contribution is -2.40. The lowest BCUT2D eigenvalue weighted by Gasteiger charge is -2.25. The first-order chi connectivity index (χ1) is 7.24. The van der Waals surface area contributed by atoms with Crippen LogP contribution in [0.4, 0.5) is 0 Å². The second-order valence-electron chi connectivity index (χ2n) is 5.02. The summed E-state index contributed by atoms with van der Waals surface area (Å²) in [6, 6.07) is 0.500. The van der Waals surface area contributed by atoms with Crippen LogP contribution in [0.5, 0.6) is 0 Å². The first-order valence-corrected chi connectivity index (χ1v) is 6.34. The van der Waals surface area contributed by atoms with E-state index in [9.17, 15) is 0 Å². The van der Waals surface area contributed by atoms with E-state index in [0.717, 1.165) is 18.8 Å². The summed E-state index contributed by atoms with van der Waals surface area (Å²) in [4.78, 5) is 0. The van der Waals surface area contributed by atoms with Crippen LogP contribution in [-0.2, 0) is 0 Å². The Hall–Kier alpha value is -0.340.